The number of rotatable bonds is 2. The van der Waals surface area contributed by atoms with Gasteiger partial charge in [0.05, 0.1) is 0 Å². The number of nitrogens with one attached hydrogen (secondary N) is 1. The summed E-state index contributed by atoms with van der Waals surface area (Å²) in [4.78, 5) is 0. The number of aryl methyl sites for hydroxylation is 1. The van der Waals surface area contributed by atoms with Crippen LogP contribution in [0.1, 0.15) is 5.56 Å². The predicted octanol–water partition coefficient (Wildman–Crippen LogP) is 1.71. The second-order valence-corrected chi connectivity index (χ2v) is 3.83. The van der Waals surface area contributed by atoms with Crippen LogP contribution in [0.4, 0.5) is 15.9 Å². The molecule has 0 bridgehead atoms. The summed E-state index contributed by atoms with van der Waals surface area (Å²) in [6, 6.07) is 8.35. The Kier molecular flexibility index (Phi) is 2.36. The molecule has 0 aliphatic heterocycles. The zero-order valence-electron chi connectivity index (χ0n) is 9.50. The van der Waals surface area contributed by atoms with Crippen LogP contribution < -0.4 is 5.32 Å². The highest BCUT2D eigenvalue weighted by Crippen LogP contribution is 2.17. The number of anilines is 2. The molecule has 0 amide bonds. The molecule has 0 unspecified atom stereocenters. The van der Waals surface area contributed by atoms with Crippen LogP contribution in [0.15, 0.2) is 30.3 Å². The van der Waals surface area contributed by atoms with Crippen molar-refractivity contribution < 1.29 is 4.39 Å². The predicted molar refractivity (Wildman–Crippen MR) is 63.0 cm³/mol. The van der Waals surface area contributed by atoms with Gasteiger partial charge < -0.3 is 5.32 Å². The molecule has 1 aromatic carbocycles. The summed E-state index contributed by atoms with van der Waals surface area (Å²) < 4.78 is 14.7. The van der Waals surface area contributed by atoms with Crippen molar-refractivity contribution in [3.05, 3.63) is 41.7 Å². The highest BCUT2D eigenvalue weighted by Gasteiger charge is 2.03. The van der Waals surface area contributed by atoms with Crippen molar-refractivity contribution in [2.75, 3.05) is 5.32 Å². The lowest BCUT2D eigenvalue weighted by Gasteiger charge is -2.06. The smallest absolute Gasteiger partial charge is 0.200 e. The fraction of sp³-hybridized carbons (Fsp3) is 0.0909. The molecule has 1 N–H and O–H groups in total. The van der Waals surface area contributed by atoms with Crippen LogP contribution in [-0.2, 0) is 0 Å². The van der Waals surface area contributed by atoms with Crippen molar-refractivity contribution in [2.24, 2.45) is 0 Å². The lowest BCUT2D eigenvalue weighted by Crippen LogP contribution is -2.00. The summed E-state index contributed by atoms with van der Waals surface area (Å²) in [5.74, 6) is 0.279. The highest BCUT2D eigenvalue weighted by atomic mass is 19.1. The quantitative estimate of drug-likeness (QED) is 0.743. The molecule has 7 heteroatoms. The first-order valence-electron chi connectivity index (χ1n) is 5.31. The first-order chi connectivity index (χ1) is 8.72. The minimum Gasteiger partial charge on any atom is -0.339 e. The Hall–Kier alpha value is -2.57. The monoisotopic (exact) mass is 244 g/mol. The van der Waals surface area contributed by atoms with E-state index in [1.807, 2.05) is 0 Å². The molecule has 2 heterocycles. The standard InChI is InChI=1S/C11H9FN6/c1-7-2-3-8(6-9(7)12)13-10-4-5-11-14-16-17-18(11)15-10/h2-6H,1H3,(H,13,15). The molecule has 0 fully saturated rings. The number of hydrogen-bond acceptors (Lipinski definition) is 5. The van der Waals surface area contributed by atoms with Gasteiger partial charge in [-0.3, -0.25) is 0 Å². The van der Waals surface area contributed by atoms with Crippen LogP contribution in [-0.4, -0.2) is 25.3 Å². The van der Waals surface area contributed by atoms with E-state index in [4.69, 9.17) is 0 Å². The Labute approximate surface area is 101 Å². The van der Waals surface area contributed by atoms with Gasteiger partial charge in [-0.15, -0.1) is 14.8 Å². The molecule has 18 heavy (non-hydrogen) atoms. The summed E-state index contributed by atoms with van der Waals surface area (Å²) in [6.07, 6.45) is 0. The van der Waals surface area contributed by atoms with Gasteiger partial charge in [0.15, 0.2) is 11.5 Å². The number of hydrogen-bond donors (Lipinski definition) is 1. The van der Waals surface area contributed by atoms with Gasteiger partial charge in [-0.25, -0.2) is 4.39 Å². The van der Waals surface area contributed by atoms with E-state index in [-0.39, 0.29) is 5.82 Å². The van der Waals surface area contributed by atoms with Crippen molar-refractivity contribution in [2.45, 2.75) is 6.92 Å². The Balaban J connectivity index is 1.92. The van der Waals surface area contributed by atoms with Crippen molar-refractivity contribution in [3.8, 4) is 0 Å². The van der Waals surface area contributed by atoms with Crippen LogP contribution in [0.25, 0.3) is 5.65 Å². The SMILES string of the molecule is Cc1ccc(Nc2ccc3nnnn3n2)cc1F. The van der Waals surface area contributed by atoms with E-state index in [2.05, 4.69) is 25.9 Å². The topological polar surface area (TPSA) is 68.0 Å². The molecule has 0 radical (unpaired) electrons. The molecule has 0 atom stereocenters. The van der Waals surface area contributed by atoms with Gasteiger partial charge in [0.1, 0.15) is 5.82 Å². The van der Waals surface area contributed by atoms with Crippen molar-refractivity contribution in [1.29, 1.82) is 0 Å². The second-order valence-electron chi connectivity index (χ2n) is 3.83. The highest BCUT2D eigenvalue weighted by molar-refractivity contribution is 5.57. The van der Waals surface area contributed by atoms with Crippen LogP contribution in [0.2, 0.25) is 0 Å². The molecule has 0 spiro atoms. The van der Waals surface area contributed by atoms with E-state index in [0.29, 0.717) is 22.7 Å². The normalized spacial score (nSPS) is 10.8. The Morgan fingerprint density at radius 1 is 1.22 bits per heavy atom. The number of nitrogens with zero attached hydrogens (tertiary/aromatic N) is 5. The summed E-state index contributed by atoms with van der Waals surface area (Å²) in [7, 11) is 0. The van der Waals surface area contributed by atoms with Gasteiger partial charge in [-0.05, 0) is 47.2 Å². The molecule has 0 aliphatic rings. The zero-order valence-corrected chi connectivity index (χ0v) is 9.50. The molecule has 0 aliphatic carbocycles. The largest absolute Gasteiger partial charge is 0.339 e. The first kappa shape index (κ1) is 10.6. The first-order valence-corrected chi connectivity index (χ1v) is 5.31. The van der Waals surface area contributed by atoms with E-state index in [0.717, 1.165) is 0 Å². The van der Waals surface area contributed by atoms with E-state index in [1.165, 1.54) is 10.7 Å². The van der Waals surface area contributed by atoms with E-state index in [9.17, 15) is 4.39 Å². The number of halogens is 1. The van der Waals surface area contributed by atoms with Crippen LogP contribution in [0.5, 0.6) is 0 Å². The van der Waals surface area contributed by atoms with Gasteiger partial charge in [0, 0.05) is 5.69 Å². The lowest BCUT2D eigenvalue weighted by molar-refractivity contribution is 0.619. The van der Waals surface area contributed by atoms with Gasteiger partial charge in [0.2, 0.25) is 0 Å². The maximum Gasteiger partial charge on any atom is 0.200 e. The molecule has 0 saturated heterocycles. The van der Waals surface area contributed by atoms with Gasteiger partial charge in [0.25, 0.3) is 0 Å². The fourth-order valence-corrected chi connectivity index (χ4v) is 1.53. The average molecular weight is 244 g/mol. The number of fused-ring (bicyclic) bond motifs is 1. The van der Waals surface area contributed by atoms with Crippen molar-refractivity contribution >= 4 is 17.2 Å². The lowest BCUT2D eigenvalue weighted by atomic mass is 10.2. The molecule has 6 nitrogen and oxygen atoms in total. The van der Waals surface area contributed by atoms with Crippen molar-refractivity contribution in [3.63, 3.8) is 0 Å². The third kappa shape index (κ3) is 1.86. The Morgan fingerprint density at radius 3 is 2.94 bits per heavy atom. The third-order valence-electron chi connectivity index (χ3n) is 2.51. The second kappa shape index (κ2) is 4.02. The summed E-state index contributed by atoms with van der Waals surface area (Å²) in [5, 5.41) is 18.0. The van der Waals surface area contributed by atoms with E-state index < -0.39 is 0 Å². The van der Waals surface area contributed by atoms with E-state index >= 15 is 0 Å². The number of tetrazole rings is 1. The number of aromatic nitrogens is 5. The molecule has 3 aromatic rings. The van der Waals surface area contributed by atoms with E-state index in [1.54, 1.807) is 31.2 Å². The van der Waals surface area contributed by atoms with Crippen LogP contribution >= 0.6 is 0 Å². The summed E-state index contributed by atoms with van der Waals surface area (Å²) >= 11 is 0. The minimum atomic E-state index is -0.261. The average Bonchev–Trinajstić information content (AvgIpc) is 2.81. The van der Waals surface area contributed by atoms with Gasteiger partial charge >= 0.3 is 0 Å². The Morgan fingerprint density at radius 2 is 2.11 bits per heavy atom. The fourth-order valence-electron chi connectivity index (χ4n) is 1.53. The maximum absolute atomic E-state index is 13.4. The summed E-state index contributed by atoms with van der Waals surface area (Å²) in [6.45, 7) is 1.71. The maximum atomic E-state index is 13.4. The minimum absolute atomic E-state index is 0.261. The van der Waals surface area contributed by atoms with Gasteiger partial charge in [-0.2, -0.15) is 0 Å². The third-order valence-corrected chi connectivity index (χ3v) is 2.51. The molecular formula is C11H9FN6. The van der Waals surface area contributed by atoms with Crippen molar-refractivity contribution in [1.82, 2.24) is 25.3 Å². The van der Waals surface area contributed by atoms with Crippen LogP contribution in [0, 0.1) is 12.7 Å². The number of benzene rings is 1. The van der Waals surface area contributed by atoms with Gasteiger partial charge in [-0.1, -0.05) is 6.07 Å². The molecular weight excluding hydrogens is 235 g/mol. The molecule has 3 rings (SSSR count). The molecule has 2 aromatic heterocycles. The summed E-state index contributed by atoms with van der Waals surface area (Å²) in [5.41, 5.74) is 1.78. The van der Waals surface area contributed by atoms with Crippen LogP contribution in [0.3, 0.4) is 0 Å². The Bertz CT molecular complexity index is 708. The molecule has 0 saturated carbocycles. The molecule has 90 valence electrons. The zero-order chi connectivity index (χ0) is 12.5.